The molecule has 0 aromatic heterocycles. The number of piperidine rings is 2. The van der Waals surface area contributed by atoms with Crippen molar-refractivity contribution in [2.24, 2.45) is 0 Å². The molecule has 7 heteroatoms. The normalized spacial score (nSPS) is 21.3. The quantitative estimate of drug-likeness (QED) is 0.238. The molecule has 2 heterocycles. The molecule has 1 N–H and O–H groups in total. The first kappa shape index (κ1) is 34.6. The first-order chi connectivity index (χ1) is 21.5. The molecular formula is C39H52F2N2O3. The third-order valence-electron chi connectivity index (χ3n) is 10.2. The van der Waals surface area contributed by atoms with Crippen molar-refractivity contribution in [3.8, 4) is 0 Å². The van der Waals surface area contributed by atoms with Gasteiger partial charge in [-0.15, -0.1) is 0 Å². The smallest absolute Gasteiger partial charge is 0.141 e. The zero-order chi connectivity index (χ0) is 33.5. The van der Waals surface area contributed by atoms with Crippen LogP contribution in [0.2, 0.25) is 0 Å². The largest absolute Gasteiger partial charge is 0.376 e. The average Bonchev–Trinajstić information content (AvgIpc) is 2.96. The van der Waals surface area contributed by atoms with Gasteiger partial charge in [-0.3, -0.25) is 9.68 Å². The Kier molecular flexibility index (Phi) is 9.59. The molecule has 0 amide bonds. The Morgan fingerprint density at radius 3 is 1.24 bits per heavy atom. The number of benzene rings is 3. The molecule has 0 atom stereocenters. The predicted molar refractivity (Wildman–Crippen MR) is 179 cm³/mol. The highest BCUT2D eigenvalue weighted by molar-refractivity contribution is 5.53. The number of halogens is 2. The van der Waals surface area contributed by atoms with Crippen molar-refractivity contribution in [1.82, 2.24) is 10.1 Å². The van der Waals surface area contributed by atoms with E-state index in [0.29, 0.717) is 16.7 Å². The van der Waals surface area contributed by atoms with Gasteiger partial charge >= 0.3 is 0 Å². The van der Waals surface area contributed by atoms with Gasteiger partial charge in [-0.05, 0) is 140 Å². The molecule has 2 aliphatic rings. The summed E-state index contributed by atoms with van der Waals surface area (Å²) in [6.07, 6.45) is 6.27. The third kappa shape index (κ3) is 6.81. The van der Waals surface area contributed by atoms with Crippen LogP contribution in [0.1, 0.15) is 122 Å². The summed E-state index contributed by atoms with van der Waals surface area (Å²) in [5, 5.41) is 17.3. The van der Waals surface area contributed by atoms with Crippen LogP contribution in [0.5, 0.6) is 0 Å². The van der Waals surface area contributed by atoms with Gasteiger partial charge in [0.15, 0.2) is 0 Å². The van der Waals surface area contributed by atoms with E-state index in [1.54, 1.807) is 24.3 Å². The van der Waals surface area contributed by atoms with Crippen LogP contribution >= 0.6 is 0 Å². The van der Waals surface area contributed by atoms with Crippen LogP contribution in [0.15, 0.2) is 66.7 Å². The molecule has 5 nitrogen and oxygen atoms in total. The van der Waals surface area contributed by atoms with E-state index in [1.165, 1.54) is 24.3 Å². The summed E-state index contributed by atoms with van der Waals surface area (Å²) in [7, 11) is 0. The number of hydrogen-bond donors (Lipinski definition) is 1. The lowest BCUT2D eigenvalue weighted by Gasteiger charge is -2.51. The molecule has 0 radical (unpaired) electrons. The van der Waals surface area contributed by atoms with Crippen LogP contribution in [0.25, 0.3) is 0 Å². The Labute approximate surface area is 274 Å². The summed E-state index contributed by atoms with van der Waals surface area (Å²) >= 11 is 0. The van der Waals surface area contributed by atoms with Crippen molar-refractivity contribution < 1.29 is 23.6 Å². The lowest BCUT2D eigenvalue weighted by atomic mass is 9.76. The van der Waals surface area contributed by atoms with Crippen LogP contribution in [0, 0.1) is 11.6 Å². The first-order valence-electron chi connectivity index (χ1n) is 16.7. The lowest BCUT2D eigenvalue weighted by Crippen LogP contribution is -2.58. The highest BCUT2D eigenvalue weighted by atomic mass is 19.1. The number of rotatable bonds is 9. The first-order valence-corrected chi connectivity index (χ1v) is 16.7. The standard InChI is InChI=1S/C39H52F2N2O3/c1-35(2)22-10-23-36(3,4)42(35)45-26-28-12-9-13-29(27-46-43-37(5,6)24-11-25-38(43,7)8)34(28)39(44,30-14-18-32(40)19-15-30)31-16-20-33(41)21-17-31/h9,12-21,44H,10-11,22-27H2,1-8H3. The SMILES string of the molecule is CC1(C)CCCC(C)(C)N1OCc1cccc(CON2C(C)(C)CCCC2(C)C)c1C(O)(c1ccc(F)cc1)c1ccc(F)cc1. The molecule has 3 aromatic carbocycles. The fraction of sp³-hybridized carbons (Fsp3) is 0.538. The summed E-state index contributed by atoms with van der Waals surface area (Å²) in [4.78, 5) is 13.4. The van der Waals surface area contributed by atoms with Gasteiger partial charge in [0.2, 0.25) is 0 Å². The molecule has 250 valence electrons. The maximum absolute atomic E-state index is 14.3. The summed E-state index contributed by atoms with van der Waals surface area (Å²) in [6.45, 7) is 18.0. The Morgan fingerprint density at radius 2 is 0.913 bits per heavy atom. The van der Waals surface area contributed by atoms with Crippen molar-refractivity contribution >= 4 is 0 Å². The molecular weight excluding hydrogens is 582 g/mol. The lowest BCUT2D eigenvalue weighted by molar-refractivity contribution is -0.289. The van der Waals surface area contributed by atoms with Gasteiger partial charge in [0.1, 0.15) is 17.2 Å². The Bertz CT molecular complexity index is 1360. The Balaban J connectivity index is 1.65. The van der Waals surface area contributed by atoms with Gasteiger partial charge in [-0.1, -0.05) is 42.5 Å². The Hall–Kier alpha value is -2.68. The van der Waals surface area contributed by atoms with E-state index in [-0.39, 0.29) is 35.4 Å². The molecule has 0 aliphatic carbocycles. The van der Waals surface area contributed by atoms with Crippen LogP contribution in [-0.4, -0.2) is 37.4 Å². The van der Waals surface area contributed by atoms with Gasteiger partial charge in [-0.25, -0.2) is 8.78 Å². The van der Waals surface area contributed by atoms with E-state index in [1.807, 2.05) is 18.2 Å². The van der Waals surface area contributed by atoms with Crippen LogP contribution in [-0.2, 0) is 28.5 Å². The second kappa shape index (κ2) is 12.7. The minimum atomic E-state index is -1.76. The molecule has 0 bridgehead atoms. The second-order valence-corrected chi connectivity index (χ2v) is 15.8. The van der Waals surface area contributed by atoms with Crippen LogP contribution < -0.4 is 0 Å². The maximum atomic E-state index is 14.3. The molecule has 3 aromatic rings. The molecule has 2 fully saturated rings. The number of hydrogen-bond acceptors (Lipinski definition) is 5. The van der Waals surface area contributed by atoms with Gasteiger partial charge in [0.05, 0.1) is 13.2 Å². The molecule has 2 aliphatic heterocycles. The monoisotopic (exact) mass is 634 g/mol. The number of nitrogens with zero attached hydrogens (tertiary/aromatic N) is 2. The molecule has 0 saturated carbocycles. The van der Waals surface area contributed by atoms with Crippen LogP contribution in [0.3, 0.4) is 0 Å². The third-order valence-corrected chi connectivity index (χ3v) is 10.2. The van der Waals surface area contributed by atoms with Crippen molar-refractivity contribution in [2.45, 2.75) is 135 Å². The molecule has 2 saturated heterocycles. The van der Waals surface area contributed by atoms with Crippen LogP contribution in [0.4, 0.5) is 8.78 Å². The van der Waals surface area contributed by atoms with E-state index in [2.05, 4.69) is 65.5 Å². The molecule has 0 unspecified atom stereocenters. The zero-order valence-electron chi connectivity index (χ0n) is 28.9. The van der Waals surface area contributed by atoms with Gasteiger partial charge in [-0.2, -0.15) is 10.1 Å². The minimum Gasteiger partial charge on any atom is -0.376 e. The van der Waals surface area contributed by atoms with E-state index in [4.69, 9.17) is 9.68 Å². The van der Waals surface area contributed by atoms with E-state index in [9.17, 15) is 13.9 Å². The van der Waals surface area contributed by atoms with Crippen molar-refractivity contribution in [3.63, 3.8) is 0 Å². The van der Waals surface area contributed by atoms with E-state index < -0.39 is 17.2 Å². The predicted octanol–water partition coefficient (Wildman–Crippen LogP) is 9.20. The second-order valence-electron chi connectivity index (χ2n) is 15.8. The van der Waals surface area contributed by atoms with Crippen molar-refractivity contribution in [2.75, 3.05) is 0 Å². The topological polar surface area (TPSA) is 45.2 Å². The minimum absolute atomic E-state index is 0.182. The summed E-state index contributed by atoms with van der Waals surface area (Å²) in [6, 6.07) is 17.6. The fourth-order valence-electron chi connectivity index (χ4n) is 8.12. The maximum Gasteiger partial charge on any atom is 0.141 e. The average molecular weight is 635 g/mol. The van der Waals surface area contributed by atoms with Gasteiger partial charge in [0.25, 0.3) is 0 Å². The molecule has 0 spiro atoms. The summed E-state index contributed by atoms with van der Waals surface area (Å²) in [5.74, 6) is -0.816. The zero-order valence-corrected chi connectivity index (χ0v) is 28.9. The number of hydroxylamine groups is 4. The van der Waals surface area contributed by atoms with Gasteiger partial charge in [0, 0.05) is 27.7 Å². The van der Waals surface area contributed by atoms with Gasteiger partial charge < -0.3 is 5.11 Å². The Morgan fingerprint density at radius 1 is 0.587 bits per heavy atom. The highest BCUT2D eigenvalue weighted by Gasteiger charge is 2.45. The molecule has 46 heavy (non-hydrogen) atoms. The van der Waals surface area contributed by atoms with Crippen molar-refractivity contribution in [1.29, 1.82) is 0 Å². The summed E-state index contributed by atoms with van der Waals surface area (Å²) in [5.41, 5.74) is 0.567. The van der Waals surface area contributed by atoms with E-state index >= 15 is 0 Å². The summed E-state index contributed by atoms with van der Waals surface area (Å²) < 4.78 is 28.5. The van der Waals surface area contributed by atoms with E-state index in [0.717, 1.165) is 49.7 Å². The number of aliphatic hydroxyl groups is 1. The highest BCUT2D eigenvalue weighted by Crippen LogP contribution is 2.44. The fourth-order valence-corrected chi connectivity index (χ4v) is 8.12. The molecule has 5 rings (SSSR count). The van der Waals surface area contributed by atoms with Crippen molar-refractivity contribution in [3.05, 3.63) is 106 Å².